The molecule has 1 aromatic rings. The molecule has 3 unspecified atom stereocenters. The summed E-state index contributed by atoms with van der Waals surface area (Å²) in [4.78, 5) is 12.6. The Morgan fingerprint density at radius 3 is 2.60 bits per heavy atom. The lowest BCUT2D eigenvalue weighted by Crippen LogP contribution is -2.16. The van der Waals surface area contributed by atoms with Gasteiger partial charge in [0.25, 0.3) is 0 Å². The Hall–Kier alpha value is -1.31. The van der Waals surface area contributed by atoms with Crippen molar-refractivity contribution in [3.8, 4) is 5.75 Å². The molecule has 2 aliphatic carbocycles. The Kier molecular flexibility index (Phi) is 3.57. The van der Waals surface area contributed by atoms with Crippen LogP contribution in [0.2, 0.25) is 0 Å². The molecule has 3 atom stereocenters. The van der Waals surface area contributed by atoms with E-state index in [4.69, 9.17) is 4.74 Å². The van der Waals surface area contributed by atoms with Crippen molar-refractivity contribution in [2.45, 2.75) is 46.0 Å². The third-order valence-electron chi connectivity index (χ3n) is 5.37. The van der Waals surface area contributed by atoms with Gasteiger partial charge in [-0.1, -0.05) is 6.42 Å². The lowest BCUT2D eigenvalue weighted by Gasteiger charge is -2.21. The van der Waals surface area contributed by atoms with E-state index in [1.165, 1.54) is 25.7 Å². The fourth-order valence-corrected chi connectivity index (χ4v) is 4.28. The van der Waals surface area contributed by atoms with Crippen molar-refractivity contribution >= 4 is 5.78 Å². The van der Waals surface area contributed by atoms with Gasteiger partial charge in [0.1, 0.15) is 5.75 Å². The van der Waals surface area contributed by atoms with Crippen molar-refractivity contribution in [3.63, 3.8) is 0 Å². The van der Waals surface area contributed by atoms with Crippen LogP contribution in [0, 0.1) is 31.6 Å². The van der Waals surface area contributed by atoms with Crippen LogP contribution in [-0.2, 0) is 0 Å². The van der Waals surface area contributed by atoms with Gasteiger partial charge in [-0.15, -0.1) is 0 Å². The van der Waals surface area contributed by atoms with Crippen LogP contribution in [0.1, 0.15) is 53.6 Å². The van der Waals surface area contributed by atoms with E-state index >= 15 is 0 Å². The molecule has 0 amide bonds. The number of rotatable bonds is 4. The zero-order valence-corrected chi connectivity index (χ0v) is 12.7. The summed E-state index contributed by atoms with van der Waals surface area (Å²) in [6.07, 6.45) is 6.15. The smallest absolute Gasteiger partial charge is 0.163 e. The van der Waals surface area contributed by atoms with Gasteiger partial charge in [-0.3, -0.25) is 4.79 Å². The summed E-state index contributed by atoms with van der Waals surface area (Å²) >= 11 is 0. The third kappa shape index (κ3) is 2.36. The SMILES string of the molecule is COc1cc(C)c(C(=O)CC2CC3CCC2C3)cc1C. The van der Waals surface area contributed by atoms with E-state index < -0.39 is 0 Å². The number of aryl methyl sites for hydroxylation is 2. The first-order valence-electron chi connectivity index (χ1n) is 7.77. The van der Waals surface area contributed by atoms with Gasteiger partial charge in [0.05, 0.1) is 7.11 Å². The average Bonchev–Trinajstić information content (AvgIpc) is 3.03. The quantitative estimate of drug-likeness (QED) is 0.763. The van der Waals surface area contributed by atoms with Crippen molar-refractivity contribution < 1.29 is 9.53 Å². The summed E-state index contributed by atoms with van der Waals surface area (Å²) in [5.41, 5.74) is 2.99. The van der Waals surface area contributed by atoms with E-state index in [1.54, 1.807) is 7.11 Å². The molecule has 2 heteroatoms. The van der Waals surface area contributed by atoms with Crippen molar-refractivity contribution in [1.82, 2.24) is 0 Å². The molecule has 0 spiro atoms. The van der Waals surface area contributed by atoms with Gasteiger partial charge in [0.15, 0.2) is 5.78 Å². The zero-order valence-electron chi connectivity index (χ0n) is 12.7. The minimum absolute atomic E-state index is 0.325. The van der Waals surface area contributed by atoms with Crippen molar-refractivity contribution in [1.29, 1.82) is 0 Å². The van der Waals surface area contributed by atoms with Crippen LogP contribution >= 0.6 is 0 Å². The summed E-state index contributed by atoms with van der Waals surface area (Å²) in [7, 11) is 1.68. The van der Waals surface area contributed by atoms with E-state index in [9.17, 15) is 4.79 Å². The lowest BCUT2D eigenvalue weighted by molar-refractivity contribution is 0.0943. The maximum absolute atomic E-state index is 12.6. The Morgan fingerprint density at radius 1 is 1.20 bits per heavy atom. The molecule has 1 aromatic carbocycles. The van der Waals surface area contributed by atoms with Crippen LogP contribution in [0.15, 0.2) is 12.1 Å². The number of ether oxygens (including phenoxy) is 1. The first-order valence-corrected chi connectivity index (χ1v) is 7.77. The van der Waals surface area contributed by atoms with Crippen LogP contribution in [0.4, 0.5) is 0 Å². The van der Waals surface area contributed by atoms with Crippen LogP contribution in [-0.4, -0.2) is 12.9 Å². The molecule has 0 heterocycles. The normalized spacial score (nSPS) is 27.9. The fraction of sp³-hybridized carbons (Fsp3) is 0.611. The highest BCUT2D eigenvalue weighted by atomic mass is 16.5. The van der Waals surface area contributed by atoms with E-state index in [2.05, 4.69) is 0 Å². The maximum atomic E-state index is 12.6. The van der Waals surface area contributed by atoms with Crippen LogP contribution < -0.4 is 4.74 Å². The number of benzene rings is 1. The van der Waals surface area contributed by atoms with E-state index in [1.807, 2.05) is 26.0 Å². The second kappa shape index (κ2) is 5.23. The van der Waals surface area contributed by atoms with Crippen LogP contribution in [0.5, 0.6) is 5.75 Å². The first kappa shape index (κ1) is 13.7. The van der Waals surface area contributed by atoms with Gasteiger partial charge >= 0.3 is 0 Å². The molecule has 2 bridgehead atoms. The summed E-state index contributed by atoms with van der Waals surface area (Å²) in [5.74, 6) is 3.58. The molecule has 3 rings (SSSR count). The summed E-state index contributed by atoms with van der Waals surface area (Å²) < 4.78 is 5.32. The number of methoxy groups -OCH3 is 1. The van der Waals surface area contributed by atoms with Gasteiger partial charge in [-0.05, 0) is 74.1 Å². The summed E-state index contributed by atoms with van der Waals surface area (Å²) in [5, 5.41) is 0. The number of carbonyl (C=O) groups excluding carboxylic acids is 1. The highest BCUT2D eigenvalue weighted by Gasteiger charge is 2.40. The molecule has 0 aromatic heterocycles. The Labute approximate surface area is 121 Å². The lowest BCUT2D eigenvalue weighted by atomic mass is 9.83. The molecule has 0 aliphatic heterocycles. The molecule has 0 saturated heterocycles. The second-order valence-corrected chi connectivity index (χ2v) is 6.70. The van der Waals surface area contributed by atoms with Crippen LogP contribution in [0.3, 0.4) is 0 Å². The van der Waals surface area contributed by atoms with Gasteiger partial charge < -0.3 is 4.74 Å². The van der Waals surface area contributed by atoms with Crippen molar-refractivity contribution in [2.75, 3.05) is 7.11 Å². The molecule has 0 radical (unpaired) electrons. The Bertz CT molecular complexity index is 532. The number of hydrogen-bond acceptors (Lipinski definition) is 2. The highest BCUT2D eigenvalue weighted by molar-refractivity contribution is 5.98. The molecular formula is C18H24O2. The minimum atomic E-state index is 0.325. The van der Waals surface area contributed by atoms with E-state index in [0.29, 0.717) is 11.7 Å². The van der Waals surface area contributed by atoms with Gasteiger partial charge in [-0.2, -0.15) is 0 Å². The van der Waals surface area contributed by atoms with Gasteiger partial charge in [-0.25, -0.2) is 0 Å². The largest absolute Gasteiger partial charge is 0.496 e. The number of fused-ring (bicyclic) bond motifs is 2. The van der Waals surface area contributed by atoms with Crippen LogP contribution in [0.25, 0.3) is 0 Å². The molecule has 0 N–H and O–H groups in total. The minimum Gasteiger partial charge on any atom is -0.496 e. The molecule has 2 aliphatic rings. The summed E-state index contributed by atoms with van der Waals surface area (Å²) in [6.45, 7) is 4.02. The second-order valence-electron chi connectivity index (χ2n) is 6.70. The number of Topliss-reactive ketones (excluding diaryl/α,β-unsaturated/α-hetero) is 1. The fourth-order valence-electron chi connectivity index (χ4n) is 4.28. The first-order chi connectivity index (χ1) is 9.58. The number of carbonyl (C=O) groups is 1. The predicted molar refractivity (Wildman–Crippen MR) is 80.4 cm³/mol. The standard InChI is InChI=1S/C18H24O2/c1-11-7-18(20-3)12(2)6-16(11)17(19)10-15-9-13-4-5-14(15)8-13/h6-7,13-15H,4-5,8-10H2,1-3H3. The van der Waals surface area contributed by atoms with E-state index in [0.717, 1.165) is 40.7 Å². The van der Waals surface area contributed by atoms with Crippen molar-refractivity contribution in [2.24, 2.45) is 17.8 Å². The summed E-state index contributed by atoms with van der Waals surface area (Å²) in [6, 6.07) is 3.99. The molecule has 20 heavy (non-hydrogen) atoms. The Balaban J connectivity index is 1.75. The van der Waals surface area contributed by atoms with E-state index in [-0.39, 0.29) is 0 Å². The average molecular weight is 272 g/mol. The maximum Gasteiger partial charge on any atom is 0.163 e. The topological polar surface area (TPSA) is 26.3 Å². The number of ketones is 1. The zero-order chi connectivity index (χ0) is 14.3. The van der Waals surface area contributed by atoms with Gasteiger partial charge in [0.2, 0.25) is 0 Å². The Morgan fingerprint density at radius 2 is 2.00 bits per heavy atom. The molecule has 2 fully saturated rings. The molecule has 108 valence electrons. The molecular weight excluding hydrogens is 248 g/mol. The number of hydrogen-bond donors (Lipinski definition) is 0. The third-order valence-corrected chi connectivity index (χ3v) is 5.37. The highest BCUT2D eigenvalue weighted by Crippen LogP contribution is 2.49. The monoisotopic (exact) mass is 272 g/mol. The molecule has 2 nitrogen and oxygen atoms in total. The van der Waals surface area contributed by atoms with Gasteiger partial charge in [0, 0.05) is 12.0 Å². The van der Waals surface area contributed by atoms with Crippen molar-refractivity contribution in [3.05, 3.63) is 28.8 Å². The molecule has 2 saturated carbocycles. The predicted octanol–water partition coefficient (Wildman–Crippen LogP) is 4.32.